The SMILES string of the molecule is Cc1ccc(C(C)Nc2ccccc2C(N)=S)cc1F. The minimum absolute atomic E-state index is 0.0411. The molecule has 2 rings (SSSR count). The number of nitrogens with two attached hydrogens (primary N) is 1. The molecule has 20 heavy (non-hydrogen) atoms. The number of para-hydroxylation sites is 1. The smallest absolute Gasteiger partial charge is 0.126 e. The standard InChI is InChI=1S/C16H17FN2S/c1-10-7-8-12(9-14(10)17)11(2)19-15-6-4-3-5-13(15)16(18)20/h3-9,11,19H,1-2H3,(H2,18,20). The van der Waals surface area contributed by atoms with Crippen LogP contribution >= 0.6 is 12.2 Å². The summed E-state index contributed by atoms with van der Waals surface area (Å²) in [4.78, 5) is 0.343. The van der Waals surface area contributed by atoms with E-state index in [-0.39, 0.29) is 11.9 Å². The Morgan fingerprint density at radius 1 is 1.25 bits per heavy atom. The molecular formula is C16H17FN2S. The fourth-order valence-corrected chi connectivity index (χ4v) is 2.20. The molecule has 0 bridgehead atoms. The number of hydrogen-bond acceptors (Lipinski definition) is 2. The Balaban J connectivity index is 2.25. The van der Waals surface area contributed by atoms with E-state index in [1.807, 2.05) is 37.3 Å². The molecular weight excluding hydrogens is 271 g/mol. The molecule has 0 amide bonds. The van der Waals surface area contributed by atoms with Crippen molar-refractivity contribution in [3.63, 3.8) is 0 Å². The van der Waals surface area contributed by atoms with Crippen molar-refractivity contribution >= 4 is 22.9 Å². The molecule has 2 aromatic carbocycles. The molecule has 0 fully saturated rings. The lowest BCUT2D eigenvalue weighted by atomic mass is 10.0. The van der Waals surface area contributed by atoms with Gasteiger partial charge in [0.1, 0.15) is 10.8 Å². The molecule has 0 aliphatic heterocycles. The Bertz CT molecular complexity index is 640. The zero-order valence-electron chi connectivity index (χ0n) is 11.5. The van der Waals surface area contributed by atoms with Crippen molar-refractivity contribution in [1.82, 2.24) is 0 Å². The molecule has 3 N–H and O–H groups in total. The van der Waals surface area contributed by atoms with Crippen LogP contribution in [0.25, 0.3) is 0 Å². The number of hydrogen-bond donors (Lipinski definition) is 2. The fourth-order valence-electron chi connectivity index (χ4n) is 2.02. The third-order valence-corrected chi connectivity index (χ3v) is 3.48. The van der Waals surface area contributed by atoms with Gasteiger partial charge in [0.15, 0.2) is 0 Å². The van der Waals surface area contributed by atoms with E-state index in [1.54, 1.807) is 19.1 Å². The summed E-state index contributed by atoms with van der Waals surface area (Å²) in [6.07, 6.45) is 0. The van der Waals surface area contributed by atoms with Crippen LogP contribution in [0, 0.1) is 12.7 Å². The monoisotopic (exact) mass is 288 g/mol. The highest BCUT2D eigenvalue weighted by Gasteiger charge is 2.10. The topological polar surface area (TPSA) is 38.0 Å². The van der Waals surface area contributed by atoms with Crippen LogP contribution in [0.15, 0.2) is 42.5 Å². The van der Waals surface area contributed by atoms with Crippen LogP contribution in [0.1, 0.15) is 29.7 Å². The van der Waals surface area contributed by atoms with E-state index in [0.29, 0.717) is 10.6 Å². The van der Waals surface area contributed by atoms with Gasteiger partial charge in [-0.05, 0) is 43.2 Å². The summed E-state index contributed by atoms with van der Waals surface area (Å²) in [5.41, 5.74) is 8.88. The molecule has 2 nitrogen and oxygen atoms in total. The molecule has 1 unspecified atom stereocenters. The maximum absolute atomic E-state index is 13.6. The summed E-state index contributed by atoms with van der Waals surface area (Å²) in [7, 11) is 0. The van der Waals surface area contributed by atoms with Gasteiger partial charge in [-0.3, -0.25) is 0 Å². The third kappa shape index (κ3) is 3.14. The van der Waals surface area contributed by atoms with Gasteiger partial charge in [0.2, 0.25) is 0 Å². The highest BCUT2D eigenvalue weighted by Crippen LogP contribution is 2.23. The molecule has 0 aliphatic carbocycles. The van der Waals surface area contributed by atoms with E-state index in [4.69, 9.17) is 18.0 Å². The number of thiocarbonyl (C=S) groups is 1. The van der Waals surface area contributed by atoms with Crippen molar-refractivity contribution in [3.05, 3.63) is 65.0 Å². The van der Waals surface area contributed by atoms with E-state index in [9.17, 15) is 4.39 Å². The maximum atomic E-state index is 13.6. The summed E-state index contributed by atoms with van der Waals surface area (Å²) >= 11 is 5.03. The van der Waals surface area contributed by atoms with Gasteiger partial charge in [-0.25, -0.2) is 4.39 Å². The van der Waals surface area contributed by atoms with Crippen LogP contribution in [0.4, 0.5) is 10.1 Å². The highest BCUT2D eigenvalue weighted by atomic mass is 32.1. The van der Waals surface area contributed by atoms with E-state index in [1.165, 1.54) is 0 Å². The van der Waals surface area contributed by atoms with Crippen molar-refractivity contribution in [3.8, 4) is 0 Å². The first kappa shape index (κ1) is 14.5. The fraction of sp³-hybridized carbons (Fsp3) is 0.188. The average molecular weight is 288 g/mol. The van der Waals surface area contributed by atoms with Crippen LogP contribution < -0.4 is 11.1 Å². The summed E-state index contributed by atoms with van der Waals surface area (Å²) in [6, 6.07) is 12.8. The Hall–Kier alpha value is -1.94. The number of rotatable bonds is 4. The lowest BCUT2D eigenvalue weighted by Crippen LogP contribution is -2.15. The minimum Gasteiger partial charge on any atom is -0.389 e. The first-order valence-electron chi connectivity index (χ1n) is 6.40. The second-order valence-corrected chi connectivity index (χ2v) is 5.22. The molecule has 0 aromatic heterocycles. The van der Waals surface area contributed by atoms with Crippen molar-refractivity contribution in [2.45, 2.75) is 19.9 Å². The zero-order chi connectivity index (χ0) is 14.7. The van der Waals surface area contributed by atoms with Crippen molar-refractivity contribution in [2.24, 2.45) is 5.73 Å². The van der Waals surface area contributed by atoms with Crippen molar-refractivity contribution < 1.29 is 4.39 Å². The predicted molar refractivity (Wildman–Crippen MR) is 85.5 cm³/mol. The van der Waals surface area contributed by atoms with E-state index < -0.39 is 0 Å². The molecule has 0 aliphatic rings. The predicted octanol–water partition coefficient (Wildman–Crippen LogP) is 3.94. The lowest BCUT2D eigenvalue weighted by Gasteiger charge is -2.18. The molecule has 1 atom stereocenters. The van der Waals surface area contributed by atoms with E-state index >= 15 is 0 Å². The number of anilines is 1. The van der Waals surface area contributed by atoms with Crippen molar-refractivity contribution in [2.75, 3.05) is 5.32 Å². The second kappa shape index (κ2) is 6.01. The van der Waals surface area contributed by atoms with Gasteiger partial charge in [0, 0.05) is 17.3 Å². The molecule has 2 aromatic rings. The minimum atomic E-state index is -0.196. The summed E-state index contributed by atoms with van der Waals surface area (Å²) in [6.45, 7) is 3.72. The maximum Gasteiger partial charge on any atom is 0.126 e. The molecule has 0 heterocycles. The highest BCUT2D eigenvalue weighted by molar-refractivity contribution is 7.80. The summed E-state index contributed by atoms with van der Waals surface area (Å²) < 4.78 is 13.6. The first-order chi connectivity index (χ1) is 9.49. The van der Waals surface area contributed by atoms with Gasteiger partial charge in [0.05, 0.1) is 0 Å². The third-order valence-electron chi connectivity index (χ3n) is 3.26. The Labute approximate surface area is 123 Å². The van der Waals surface area contributed by atoms with Crippen LogP contribution in [0.3, 0.4) is 0 Å². The number of halogens is 1. The van der Waals surface area contributed by atoms with Gasteiger partial charge in [-0.2, -0.15) is 0 Å². The van der Waals surface area contributed by atoms with Crippen LogP contribution in [0.2, 0.25) is 0 Å². The number of nitrogens with one attached hydrogen (secondary N) is 1. The summed E-state index contributed by atoms with van der Waals surface area (Å²) in [5, 5.41) is 3.32. The molecule has 0 saturated carbocycles. The van der Waals surface area contributed by atoms with Gasteiger partial charge < -0.3 is 11.1 Å². The van der Waals surface area contributed by atoms with E-state index in [2.05, 4.69) is 5.32 Å². The Kier molecular flexibility index (Phi) is 4.35. The van der Waals surface area contributed by atoms with Crippen LogP contribution in [-0.4, -0.2) is 4.99 Å². The van der Waals surface area contributed by atoms with Crippen LogP contribution in [-0.2, 0) is 0 Å². The average Bonchev–Trinajstić information content (AvgIpc) is 2.42. The second-order valence-electron chi connectivity index (χ2n) is 4.78. The molecule has 0 saturated heterocycles. The number of aryl methyl sites for hydroxylation is 1. The largest absolute Gasteiger partial charge is 0.389 e. The Morgan fingerprint density at radius 2 is 1.95 bits per heavy atom. The first-order valence-corrected chi connectivity index (χ1v) is 6.81. The molecule has 0 radical (unpaired) electrons. The van der Waals surface area contributed by atoms with Gasteiger partial charge in [-0.15, -0.1) is 0 Å². The van der Waals surface area contributed by atoms with E-state index in [0.717, 1.165) is 16.8 Å². The quantitative estimate of drug-likeness (QED) is 0.837. The molecule has 104 valence electrons. The molecule has 0 spiro atoms. The van der Waals surface area contributed by atoms with Gasteiger partial charge in [-0.1, -0.05) is 36.5 Å². The molecule has 4 heteroatoms. The number of benzene rings is 2. The van der Waals surface area contributed by atoms with Gasteiger partial charge in [0.25, 0.3) is 0 Å². The van der Waals surface area contributed by atoms with Crippen molar-refractivity contribution in [1.29, 1.82) is 0 Å². The van der Waals surface area contributed by atoms with Crippen LogP contribution in [0.5, 0.6) is 0 Å². The zero-order valence-corrected chi connectivity index (χ0v) is 12.3. The Morgan fingerprint density at radius 3 is 2.60 bits per heavy atom. The normalized spacial score (nSPS) is 11.9. The van der Waals surface area contributed by atoms with Gasteiger partial charge >= 0.3 is 0 Å². The summed E-state index contributed by atoms with van der Waals surface area (Å²) in [5.74, 6) is -0.196. The lowest BCUT2D eigenvalue weighted by molar-refractivity contribution is 0.614.